The Hall–Kier alpha value is -0.370. The molecule has 2 rings (SSSR count). The number of hydrogen-bond donors (Lipinski definition) is 2. The van der Waals surface area contributed by atoms with Crippen molar-refractivity contribution in [1.82, 2.24) is 4.72 Å². The first-order valence-electron chi connectivity index (χ1n) is 6.43. The third-order valence-corrected chi connectivity index (χ3v) is 5.83. The zero-order valence-corrected chi connectivity index (χ0v) is 13.3. The van der Waals surface area contributed by atoms with Crippen molar-refractivity contribution in [3.05, 3.63) is 16.5 Å². The van der Waals surface area contributed by atoms with Gasteiger partial charge in [-0.25, -0.2) is 13.1 Å². The predicted octanol–water partition coefficient (Wildman–Crippen LogP) is 2.36. The lowest BCUT2D eigenvalue weighted by atomic mass is 9.88. The van der Waals surface area contributed by atoms with Crippen LogP contribution < -0.4 is 10.5 Å². The van der Waals surface area contributed by atoms with Gasteiger partial charge in [0, 0.05) is 12.1 Å². The number of rotatable bonds is 4. The average Bonchev–Trinajstić information content (AvgIpc) is 2.71. The smallest absolute Gasteiger partial charge is 0.245 e. The second kappa shape index (κ2) is 5.95. The molecule has 1 fully saturated rings. The Labute approximate surface area is 122 Å². The van der Waals surface area contributed by atoms with Gasteiger partial charge >= 0.3 is 0 Å². The number of hydrogen-bond acceptors (Lipinski definition) is 4. The third-order valence-electron chi connectivity index (χ3n) is 3.46. The standard InChI is InChI=1S/C12H19BrN2O3S/c1-8-3-2-4-9(5-8)15-19(16,17)11-6-10(7-14)18-12(11)13/h6,8-9,15H,2-5,7,14H2,1H3. The van der Waals surface area contributed by atoms with Crippen LogP contribution >= 0.6 is 15.9 Å². The Kier molecular flexibility index (Phi) is 4.70. The molecule has 1 saturated carbocycles. The normalized spacial score (nSPS) is 24.6. The van der Waals surface area contributed by atoms with Crippen LogP contribution in [0.25, 0.3) is 0 Å². The maximum absolute atomic E-state index is 12.3. The summed E-state index contributed by atoms with van der Waals surface area (Å²) in [4.78, 5) is 0.131. The zero-order chi connectivity index (χ0) is 14.0. The quantitative estimate of drug-likeness (QED) is 0.872. The van der Waals surface area contributed by atoms with Gasteiger partial charge in [0.15, 0.2) is 4.67 Å². The fourth-order valence-electron chi connectivity index (χ4n) is 2.51. The Morgan fingerprint density at radius 1 is 1.53 bits per heavy atom. The molecule has 0 radical (unpaired) electrons. The molecule has 19 heavy (non-hydrogen) atoms. The molecule has 1 aliphatic carbocycles. The highest BCUT2D eigenvalue weighted by molar-refractivity contribution is 9.10. The minimum atomic E-state index is -3.55. The van der Waals surface area contributed by atoms with Gasteiger partial charge < -0.3 is 10.2 Å². The van der Waals surface area contributed by atoms with Gasteiger partial charge in [-0.2, -0.15) is 0 Å². The summed E-state index contributed by atoms with van der Waals surface area (Å²) < 4.78 is 32.8. The average molecular weight is 351 g/mol. The molecule has 1 aliphatic rings. The highest BCUT2D eigenvalue weighted by atomic mass is 79.9. The van der Waals surface area contributed by atoms with Crippen molar-refractivity contribution in [2.75, 3.05) is 0 Å². The van der Waals surface area contributed by atoms with Gasteiger partial charge in [-0.15, -0.1) is 0 Å². The number of furan rings is 1. The summed E-state index contributed by atoms with van der Waals surface area (Å²) in [6.07, 6.45) is 4.02. The molecule has 1 aromatic heterocycles. The van der Waals surface area contributed by atoms with Crippen molar-refractivity contribution in [2.45, 2.75) is 50.1 Å². The highest BCUT2D eigenvalue weighted by Crippen LogP contribution is 2.28. The fraction of sp³-hybridized carbons (Fsp3) is 0.667. The van der Waals surface area contributed by atoms with Crippen LogP contribution in [-0.2, 0) is 16.6 Å². The summed E-state index contributed by atoms with van der Waals surface area (Å²) in [5.74, 6) is 1.01. The van der Waals surface area contributed by atoms with Gasteiger partial charge in [-0.3, -0.25) is 0 Å². The summed E-state index contributed by atoms with van der Waals surface area (Å²) in [7, 11) is -3.55. The number of nitrogens with two attached hydrogens (primary N) is 1. The van der Waals surface area contributed by atoms with Crippen LogP contribution in [0.2, 0.25) is 0 Å². The first-order valence-corrected chi connectivity index (χ1v) is 8.70. The predicted molar refractivity (Wildman–Crippen MR) is 76.0 cm³/mol. The third kappa shape index (κ3) is 3.59. The van der Waals surface area contributed by atoms with Crippen molar-refractivity contribution >= 4 is 26.0 Å². The van der Waals surface area contributed by atoms with Crippen LogP contribution in [-0.4, -0.2) is 14.5 Å². The molecule has 0 amide bonds. The molecule has 5 nitrogen and oxygen atoms in total. The zero-order valence-electron chi connectivity index (χ0n) is 10.9. The Morgan fingerprint density at radius 2 is 2.26 bits per heavy atom. The molecule has 1 aromatic rings. The highest BCUT2D eigenvalue weighted by Gasteiger charge is 2.27. The SMILES string of the molecule is CC1CCCC(NS(=O)(=O)c2cc(CN)oc2Br)C1. The van der Waals surface area contributed by atoms with Crippen LogP contribution in [0.5, 0.6) is 0 Å². The molecule has 0 spiro atoms. The molecular formula is C12H19BrN2O3S. The van der Waals surface area contributed by atoms with Crippen molar-refractivity contribution in [3.63, 3.8) is 0 Å². The van der Waals surface area contributed by atoms with E-state index < -0.39 is 10.0 Å². The van der Waals surface area contributed by atoms with E-state index in [0.29, 0.717) is 11.7 Å². The molecule has 108 valence electrons. The second-order valence-electron chi connectivity index (χ2n) is 5.14. The summed E-state index contributed by atoms with van der Waals surface area (Å²) in [5.41, 5.74) is 5.45. The summed E-state index contributed by atoms with van der Waals surface area (Å²) >= 11 is 3.13. The Balaban J connectivity index is 2.15. The van der Waals surface area contributed by atoms with Crippen LogP contribution in [0.15, 0.2) is 20.0 Å². The lowest BCUT2D eigenvalue weighted by Crippen LogP contribution is -2.37. The van der Waals surface area contributed by atoms with E-state index in [-0.39, 0.29) is 22.2 Å². The summed E-state index contributed by atoms with van der Waals surface area (Å²) in [6, 6.07) is 1.48. The monoisotopic (exact) mass is 350 g/mol. The van der Waals surface area contributed by atoms with Crippen LogP contribution in [0.4, 0.5) is 0 Å². The molecular weight excluding hydrogens is 332 g/mol. The van der Waals surface area contributed by atoms with E-state index in [4.69, 9.17) is 10.2 Å². The van der Waals surface area contributed by atoms with Crippen molar-refractivity contribution in [2.24, 2.45) is 11.7 Å². The minimum Gasteiger partial charge on any atom is -0.452 e. The second-order valence-corrected chi connectivity index (χ2v) is 7.55. The topological polar surface area (TPSA) is 85.3 Å². The molecule has 2 atom stereocenters. The molecule has 7 heteroatoms. The van der Waals surface area contributed by atoms with E-state index in [9.17, 15) is 8.42 Å². The summed E-state index contributed by atoms with van der Waals surface area (Å²) in [5, 5.41) is 0. The molecule has 0 saturated heterocycles. The molecule has 3 N–H and O–H groups in total. The lowest BCUT2D eigenvalue weighted by Gasteiger charge is -2.27. The van der Waals surface area contributed by atoms with Crippen LogP contribution in [0.3, 0.4) is 0 Å². The van der Waals surface area contributed by atoms with Crippen LogP contribution in [0.1, 0.15) is 38.4 Å². The van der Waals surface area contributed by atoms with Gasteiger partial charge in [0.1, 0.15) is 10.7 Å². The van der Waals surface area contributed by atoms with Crippen LogP contribution in [0, 0.1) is 5.92 Å². The maximum atomic E-state index is 12.3. The van der Waals surface area contributed by atoms with E-state index in [1.165, 1.54) is 12.5 Å². The van der Waals surface area contributed by atoms with Crippen molar-refractivity contribution in [3.8, 4) is 0 Å². The maximum Gasteiger partial charge on any atom is 0.245 e. The first-order chi connectivity index (χ1) is 8.92. The van der Waals surface area contributed by atoms with Gasteiger partial charge in [-0.05, 0) is 34.7 Å². The van der Waals surface area contributed by atoms with Gasteiger partial charge in [0.25, 0.3) is 0 Å². The lowest BCUT2D eigenvalue weighted by molar-refractivity contribution is 0.327. The molecule has 0 bridgehead atoms. The van der Waals surface area contributed by atoms with Gasteiger partial charge in [0.05, 0.1) is 6.54 Å². The minimum absolute atomic E-state index is 0.0110. The van der Waals surface area contributed by atoms with E-state index in [1.54, 1.807) is 0 Å². The van der Waals surface area contributed by atoms with Gasteiger partial charge in [0.2, 0.25) is 10.0 Å². The Bertz CT molecular complexity index is 541. The van der Waals surface area contributed by atoms with E-state index in [2.05, 4.69) is 27.6 Å². The van der Waals surface area contributed by atoms with Crippen molar-refractivity contribution < 1.29 is 12.8 Å². The molecule has 0 aromatic carbocycles. The summed E-state index contributed by atoms with van der Waals surface area (Å²) in [6.45, 7) is 2.33. The number of halogens is 1. The number of sulfonamides is 1. The van der Waals surface area contributed by atoms with E-state index in [1.807, 2.05) is 0 Å². The fourth-order valence-corrected chi connectivity index (χ4v) is 4.79. The van der Waals surface area contributed by atoms with E-state index in [0.717, 1.165) is 19.3 Å². The molecule has 2 unspecified atom stereocenters. The van der Waals surface area contributed by atoms with Crippen molar-refractivity contribution in [1.29, 1.82) is 0 Å². The van der Waals surface area contributed by atoms with Gasteiger partial charge in [-0.1, -0.05) is 19.8 Å². The van der Waals surface area contributed by atoms with E-state index >= 15 is 0 Å². The number of nitrogens with one attached hydrogen (secondary N) is 1. The molecule has 0 aliphatic heterocycles. The molecule has 1 heterocycles. The first kappa shape index (κ1) is 15.0. The Morgan fingerprint density at radius 3 is 2.84 bits per heavy atom. The largest absolute Gasteiger partial charge is 0.452 e.